The number of methoxy groups -OCH3 is 1. The van der Waals surface area contributed by atoms with Crippen LogP contribution in [0, 0.1) is 12.7 Å². The van der Waals surface area contributed by atoms with Crippen molar-refractivity contribution in [2.45, 2.75) is 19.4 Å². The lowest BCUT2D eigenvalue weighted by Gasteiger charge is -2.28. The van der Waals surface area contributed by atoms with Gasteiger partial charge in [0.05, 0.1) is 6.61 Å². The number of hydrogen-bond donors (Lipinski definition) is 0. The second-order valence-electron chi connectivity index (χ2n) is 4.97. The van der Waals surface area contributed by atoms with E-state index in [2.05, 4.69) is 0 Å². The zero-order valence-corrected chi connectivity index (χ0v) is 12.7. The van der Waals surface area contributed by atoms with Crippen LogP contribution in [0.15, 0.2) is 18.2 Å². The number of carbonyl (C=O) groups is 1. The van der Waals surface area contributed by atoms with Crippen molar-refractivity contribution in [1.29, 1.82) is 0 Å². The van der Waals surface area contributed by atoms with Crippen molar-refractivity contribution in [2.24, 2.45) is 0 Å². The maximum atomic E-state index is 13.3. The van der Waals surface area contributed by atoms with E-state index >= 15 is 0 Å². The summed E-state index contributed by atoms with van der Waals surface area (Å²) >= 11 is 1.87. The zero-order chi connectivity index (χ0) is 14.5. The van der Waals surface area contributed by atoms with Crippen LogP contribution in [0.1, 0.15) is 22.3 Å². The third-order valence-electron chi connectivity index (χ3n) is 3.55. The van der Waals surface area contributed by atoms with Crippen LogP contribution in [0.2, 0.25) is 0 Å². The van der Waals surface area contributed by atoms with E-state index < -0.39 is 0 Å². The van der Waals surface area contributed by atoms with Crippen molar-refractivity contribution >= 4 is 17.7 Å². The Bertz CT molecular complexity index is 475. The molecule has 1 heterocycles. The van der Waals surface area contributed by atoms with Crippen LogP contribution in [0.25, 0.3) is 0 Å². The Labute approximate surface area is 123 Å². The maximum absolute atomic E-state index is 13.3. The summed E-state index contributed by atoms with van der Waals surface area (Å²) < 4.78 is 18.4. The fourth-order valence-electron chi connectivity index (χ4n) is 2.35. The number of aryl methyl sites for hydroxylation is 1. The van der Waals surface area contributed by atoms with E-state index in [1.165, 1.54) is 6.07 Å². The van der Waals surface area contributed by atoms with E-state index in [1.807, 2.05) is 16.7 Å². The van der Waals surface area contributed by atoms with Crippen LogP contribution < -0.4 is 0 Å². The molecule has 0 aromatic heterocycles. The molecule has 0 spiro atoms. The molecule has 1 aliphatic rings. The smallest absolute Gasteiger partial charge is 0.254 e. The molecule has 1 aromatic rings. The normalized spacial score (nSPS) is 18.2. The standard InChI is InChI=1S/C15H20FNO2S/c1-11-9-12(3-4-14(11)16)15(18)17(6-7-19-2)13-5-8-20-10-13/h3-4,9,13H,5-8,10H2,1-2H3. The highest BCUT2D eigenvalue weighted by Gasteiger charge is 2.27. The second-order valence-corrected chi connectivity index (χ2v) is 6.12. The molecule has 1 fully saturated rings. The number of ether oxygens (including phenoxy) is 1. The van der Waals surface area contributed by atoms with Crippen LogP contribution in [-0.4, -0.2) is 48.6 Å². The highest BCUT2D eigenvalue weighted by molar-refractivity contribution is 7.99. The van der Waals surface area contributed by atoms with Crippen LogP contribution in [0.4, 0.5) is 4.39 Å². The second kappa shape index (κ2) is 7.09. The van der Waals surface area contributed by atoms with Gasteiger partial charge < -0.3 is 9.64 Å². The summed E-state index contributed by atoms with van der Waals surface area (Å²) in [5.74, 6) is 1.75. The molecule has 1 saturated heterocycles. The van der Waals surface area contributed by atoms with Gasteiger partial charge in [-0.2, -0.15) is 11.8 Å². The van der Waals surface area contributed by atoms with E-state index in [4.69, 9.17) is 4.74 Å². The fraction of sp³-hybridized carbons (Fsp3) is 0.533. The van der Waals surface area contributed by atoms with Gasteiger partial charge >= 0.3 is 0 Å². The minimum atomic E-state index is -0.276. The Balaban J connectivity index is 2.17. The maximum Gasteiger partial charge on any atom is 0.254 e. The topological polar surface area (TPSA) is 29.5 Å². The quantitative estimate of drug-likeness (QED) is 0.837. The monoisotopic (exact) mass is 297 g/mol. The molecule has 0 saturated carbocycles. The number of thioether (sulfide) groups is 1. The molecule has 1 unspecified atom stereocenters. The molecule has 3 nitrogen and oxygen atoms in total. The van der Waals surface area contributed by atoms with E-state index in [1.54, 1.807) is 26.2 Å². The van der Waals surface area contributed by atoms with Crippen LogP contribution in [-0.2, 0) is 4.74 Å². The first-order chi connectivity index (χ1) is 9.63. The molecule has 2 rings (SSSR count). The van der Waals surface area contributed by atoms with Gasteiger partial charge in [0.2, 0.25) is 0 Å². The van der Waals surface area contributed by atoms with Crippen molar-refractivity contribution in [3.05, 3.63) is 35.1 Å². The number of halogens is 1. The number of hydrogen-bond acceptors (Lipinski definition) is 3. The van der Waals surface area contributed by atoms with Gasteiger partial charge in [-0.1, -0.05) is 0 Å². The summed E-state index contributed by atoms with van der Waals surface area (Å²) in [7, 11) is 1.63. The molecule has 20 heavy (non-hydrogen) atoms. The molecule has 0 aliphatic carbocycles. The number of rotatable bonds is 5. The van der Waals surface area contributed by atoms with Crippen LogP contribution >= 0.6 is 11.8 Å². The van der Waals surface area contributed by atoms with Gasteiger partial charge in [0, 0.05) is 31.0 Å². The summed E-state index contributed by atoms with van der Waals surface area (Å²) in [6, 6.07) is 4.81. The molecule has 0 radical (unpaired) electrons. The van der Waals surface area contributed by atoms with Gasteiger partial charge in [-0.15, -0.1) is 0 Å². The first-order valence-electron chi connectivity index (χ1n) is 6.77. The highest BCUT2D eigenvalue weighted by Crippen LogP contribution is 2.24. The lowest BCUT2D eigenvalue weighted by molar-refractivity contribution is 0.0624. The number of nitrogens with zero attached hydrogens (tertiary/aromatic N) is 1. The van der Waals surface area contributed by atoms with Gasteiger partial charge in [0.25, 0.3) is 5.91 Å². The van der Waals surface area contributed by atoms with Crippen molar-refractivity contribution in [1.82, 2.24) is 4.90 Å². The lowest BCUT2D eigenvalue weighted by atomic mass is 10.1. The zero-order valence-electron chi connectivity index (χ0n) is 11.9. The largest absolute Gasteiger partial charge is 0.383 e. The van der Waals surface area contributed by atoms with Crippen molar-refractivity contribution < 1.29 is 13.9 Å². The summed E-state index contributed by atoms with van der Waals surface area (Å²) in [6.45, 7) is 2.78. The molecule has 1 amide bonds. The van der Waals surface area contributed by atoms with Gasteiger partial charge in [-0.25, -0.2) is 4.39 Å². The molecule has 1 atom stereocenters. The Kier molecular flexibility index (Phi) is 5.43. The number of carbonyl (C=O) groups excluding carboxylic acids is 1. The fourth-order valence-corrected chi connectivity index (χ4v) is 3.58. The predicted octanol–water partition coefficient (Wildman–Crippen LogP) is 2.73. The SMILES string of the molecule is COCCN(C(=O)c1ccc(F)c(C)c1)C1CCSC1. The number of amides is 1. The summed E-state index contributed by atoms with van der Waals surface area (Å²) in [5, 5.41) is 0. The molecule has 0 bridgehead atoms. The van der Waals surface area contributed by atoms with Crippen molar-refractivity contribution in [3.8, 4) is 0 Å². The van der Waals surface area contributed by atoms with Gasteiger partial charge in [0.15, 0.2) is 0 Å². The molecular formula is C15H20FNO2S. The molecular weight excluding hydrogens is 277 g/mol. The Morgan fingerprint density at radius 3 is 2.95 bits per heavy atom. The third kappa shape index (κ3) is 3.52. The summed E-state index contributed by atoms with van der Waals surface area (Å²) in [4.78, 5) is 14.5. The summed E-state index contributed by atoms with van der Waals surface area (Å²) in [5.41, 5.74) is 1.06. The minimum absolute atomic E-state index is 0.0300. The Hall–Kier alpha value is -1.07. The van der Waals surface area contributed by atoms with Crippen molar-refractivity contribution in [2.75, 3.05) is 31.8 Å². The predicted molar refractivity (Wildman–Crippen MR) is 79.8 cm³/mol. The average Bonchev–Trinajstić information content (AvgIpc) is 2.96. The third-order valence-corrected chi connectivity index (χ3v) is 4.69. The minimum Gasteiger partial charge on any atom is -0.383 e. The van der Waals surface area contributed by atoms with E-state index in [9.17, 15) is 9.18 Å². The first kappa shape index (κ1) is 15.3. The molecule has 110 valence electrons. The summed E-state index contributed by atoms with van der Waals surface area (Å²) in [6.07, 6.45) is 1.01. The van der Waals surface area contributed by atoms with Crippen molar-refractivity contribution in [3.63, 3.8) is 0 Å². The molecule has 5 heteroatoms. The molecule has 1 aromatic carbocycles. The first-order valence-corrected chi connectivity index (χ1v) is 7.92. The Morgan fingerprint density at radius 2 is 2.35 bits per heavy atom. The van der Waals surface area contributed by atoms with Crippen LogP contribution in [0.3, 0.4) is 0 Å². The van der Waals surface area contributed by atoms with E-state index in [0.717, 1.165) is 17.9 Å². The van der Waals surface area contributed by atoms with E-state index in [0.29, 0.717) is 24.3 Å². The Morgan fingerprint density at radius 1 is 1.55 bits per heavy atom. The van der Waals surface area contributed by atoms with Gasteiger partial charge in [0.1, 0.15) is 5.82 Å². The average molecular weight is 297 g/mol. The van der Waals surface area contributed by atoms with Gasteiger partial charge in [-0.05, 0) is 42.9 Å². The molecule has 1 aliphatic heterocycles. The number of benzene rings is 1. The lowest BCUT2D eigenvalue weighted by Crippen LogP contribution is -2.42. The van der Waals surface area contributed by atoms with Gasteiger partial charge in [-0.3, -0.25) is 4.79 Å². The highest BCUT2D eigenvalue weighted by atomic mass is 32.2. The van der Waals surface area contributed by atoms with E-state index in [-0.39, 0.29) is 17.8 Å². The molecule has 0 N–H and O–H groups in total. The van der Waals surface area contributed by atoms with Crippen LogP contribution in [0.5, 0.6) is 0 Å².